The summed E-state index contributed by atoms with van der Waals surface area (Å²) < 4.78 is 17.5. The zero-order valence-corrected chi connectivity index (χ0v) is 19.9. The van der Waals surface area contributed by atoms with Gasteiger partial charge in [-0.15, -0.1) is 0 Å². The maximum atomic E-state index is 12.0. The molecule has 0 atom stereocenters. The summed E-state index contributed by atoms with van der Waals surface area (Å²) in [6.45, 7) is 2.14. The summed E-state index contributed by atoms with van der Waals surface area (Å²) in [5.74, 6) is 1.33. The quantitative estimate of drug-likeness (QED) is 0.299. The van der Waals surface area contributed by atoms with E-state index < -0.39 is 0 Å². The first-order valence-electron chi connectivity index (χ1n) is 9.71. The molecule has 3 rings (SSSR count). The zero-order chi connectivity index (χ0) is 22.9. The Bertz CT molecular complexity index is 1120. The van der Waals surface area contributed by atoms with Crippen LogP contribution in [0.25, 0.3) is 0 Å². The SMILES string of the molecule is COc1cc(/C=N/NC(=O)COc2ccc(C)cc2Br)ccc1OCc1ccccc1Cl. The molecular formula is C24H22BrClN2O4. The highest BCUT2D eigenvalue weighted by molar-refractivity contribution is 9.10. The normalized spacial score (nSPS) is 10.8. The molecule has 0 aliphatic rings. The Balaban J connectivity index is 1.53. The van der Waals surface area contributed by atoms with Crippen LogP contribution in [0.3, 0.4) is 0 Å². The number of ether oxygens (including phenoxy) is 3. The predicted octanol–water partition coefficient (Wildman–Crippen LogP) is 5.53. The van der Waals surface area contributed by atoms with Crippen LogP contribution in [0.1, 0.15) is 16.7 Å². The molecule has 166 valence electrons. The van der Waals surface area contributed by atoms with E-state index in [1.54, 1.807) is 31.4 Å². The number of hydrazone groups is 1. The lowest BCUT2D eigenvalue weighted by Crippen LogP contribution is -2.24. The minimum Gasteiger partial charge on any atom is -0.493 e. The van der Waals surface area contributed by atoms with Crippen molar-refractivity contribution in [3.05, 3.63) is 86.8 Å². The van der Waals surface area contributed by atoms with Gasteiger partial charge in [-0.25, -0.2) is 5.43 Å². The fourth-order valence-corrected chi connectivity index (χ4v) is 3.53. The number of rotatable bonds is 9. The van der Waals surface area contributed by atoms with Gasteiger partial charge in [-0.1, -0.05) is 35.9 Å². The van der Waals surface area contributed by atoms with E-state index in [-0.39, 0.29) is 12.5 Å². The summed E-state index contributed by atoms with van der Waals surface area (Å²) in [7, 11) is 1.56. The summed E-state index contributed by atoms with van der Waals surface area (Å²) in [6.07, 6.45) is 1.51. The Morgan fingerprint density at radius 2 is 1.84 bits per heavy atom. The first-order valence-corrected chi connectivity index (χ1v) is 10.9. The van der Waals surface area contributed by atoms with Gasteiger partial charge in [0.2, 0.25) is 0 Å². The molecule has 3 aromatic rings. The van der Waals surface area contributed by atoms with Crippen molar-refractivity contribution in [2.75, 3.05) is 13.7 Å². The van der Waals surface area contributed by atoms with Gasteiger partial charge >= 0.3 is 0 Å². The lowest BCUT2D eigenvalue weighted by molar-refractivity contribution is -0.123. The predicted molar refractivity (Wildman–Crippen MR) is 129 cm³/mol. The maximum Gasteiger partial charge on any atom is 0.277 e. The van der Waals surface area contributed by atoms with E-state index in [1.165, 1.54) is 6.21 Å². The number of benzene rings is 3. The Hall–Kier alpha value is -3.03. The van der Waals surface area contributed by atoms with Gasteiger partial charge in [-0.05, 0) is 70.4 Å². The standard InChI is InChI=1S/C24H22BrClN2O4/c1-16-7-9-21(19(25)11-16)32-15-24(29)28-27-13-17-8-10-22(23(12-17)30-2)31-14-18-5-3-4-6-20(18)26/h3-13H,14-15H2,1-2H3,(H,28,29)/b27-13+. The lowest BCUT2D eigenvalue weighted by atomic mass is 10.2. The smallest absolute Gasteiger partial charge is 0.277 e. The molecule has 0 aliphatic heterocycles. The molecule has 0 saturated carbocycles. The molecule has 0 aromatic heterocycles. The van der Waals surface area contributed by atoms with E-state index in [0.717, 1.165) is 21.2 Å². The number of hydrogen-bond acceptors (Lipinski definition) is 5. The largest absolute Gasteiger partial charge is 0.493 e. The van der Waals surface area contributed by atoms with E-state index in [0.29, 0.717) is 28.9 Å². The van der Waals surface area contributed by atoms with Gasteiger partial charge < -0.3 is 14.2 Å². The van der Waals surface area contributed by atoms with Crippen molar-refractivity contribution in [2.45, 2.75) is 13.5 Å². The van der Waals surface area contributed by atoms with Crippen LogP contribution in [0.5, 0.6) is 17.2 Å². The van der Waals surface area contributed by atoms with Crippen LogP contribution >= 0.6 is 27.5 Å². The van der Waals surface area contributed by atoms with Crippen molar-refractivity contribution in [2.24, 2.45) is 5.10 Å². The van der Waals surface area contributed by atoms with Gasteiger partial charge in [0.15, 0.2) is 18.1 Å². The topological polar surface area (TPSA) is 69.2 Å². The molecule has 0 spiro atoms. The fraction of sp³-hybridized carbons (Fsp3) is 0.167. The monoisotopic (exact) mass is 516 g/mol. The third-order valence-electron chi connectivity index (χ3n) is 4.38. The van der Waals surface area contributed by atoms with Gasteiger partial charge in [-0.3, -0.25) is 4.79 Å². The van der Waals surface area contributed by atoms with E-state index >= 15 is 0 Å². The first-order chi connectivity index (χ1) is 15.5. The number of nitrogens with one attached hydrogen (secondary N) is 1. The van der Waals surface area contributed by atoms with Gasteiger partial charge in [0.25, 0.3) is 5.91 Å². The van der Waals surface area contributed by atoms with Gasteiger partial charge in [0, 0.05) is 10.6 Å². The highest BCUT2D eigenvalue weighted by atomic mass is 79.9. The number of carbonyl (C=O) groups is 1. The molecular weight excluding hydrogens is 496 g/mol. The van der Waals surface area contributed by atoms with Crippen molar-refractivity contribution in [1.82, 2.24) is 5.43 Å². The lowest BCUT2D eigenvalue weighted by Gasteiger charge is -2.12. The Morgan fingerprint density at radius 3 is 2.59 bits per heavy atom. The van der Waals surface area contributed by atoms with E-state index in [9.17, 15) is 4.79 Å². The van der Waals surface area contributed by atoms with Crippen LogP contribution in [0.4, 0.5) is 0 Å². The molecule has 0 fully saturated rings. The van der Waals surface area contributed by atoms with Crippen molar-refractivity contribution in [3.63, 3.8) is 0 Å². The molecule has 0 aliphatic carbocycles. The molecule has 8 heteroatoms. The summed E-state index contributed by atoms with van der Waals surface area (Å²) in [6, 6.07) is 18.5. The van der Waals surface area contributed by atoms with Gasteiger partial charge in [0.1, 0.15) is 12.4 Å². The second kappa shape index (κ2) is 11.5. The summed E-state index contributed by atoms with van der Waals surface area (Å²) in [5, 5.41) is 4.61. The Kier molecular flexibility index (Phi) is 8.53. The minimum absolute atomic E-state index is 0.156. The molecule has 0 saturated heterocycles. The van der Waals surface area contributed by atoms with Crippen molar-refractivity contribution in [3.8, 4) is 17.2 Å². The summed E-state index contributed by atoms with van der Waals surface area (Å²) in [5.41, 5.74) is 5.14. The molecule has 0 unspecified atom stereocenters. The van der Waals surface area contributed by atoms with E-state index in [2.05, 4.69) is 26.5 Å². The zero-order valence-electron chi connectivity index (χ0n) is 17.6. The number of methoxy groups -OCH3 is 1. The van der Waals surface area contributed by atoms with Crippen LogP contribution in [0, 0.1) is 6.92 Å². The van der Waals surface area contributed by atoms with Gasteiger partial charge in [0.05, 0.1) is 17.8 Å². The summed E-state index contributed by atoms with van der Waals surface area (Å²) in [4.78, 5) is 12.0. The highest BCUT2D eigenvalue weighted by Crippen LogP contribution is 2.29. The maximum absolute atomic E-state index is 12.0. The fourth-order valence-electron chi connectivity index (χ4n) is 2.73. The molecule has 0 bridgehead atoms. The average Bonchev–Trinajstić information content (AvgIpc) is 2.78. The second-order valence-corrected chi connectivity index (χ2v) is 8.07. The third-order valence-corrected chi connectivity index (χ3v) is 5.37. The number of aryl methyl sites for hydroxylation is 1. The second-order valence-electron chi connectivity index (χ2n) is 6.81. The minimum atomic E-state index is -0.375. The van der Waals surface area contributed by atoms with E-state index in [1.807, 2.05) is 43.3 Å². The van der Waals surface area contributed by atoms with Crippen LogP contribution < -0.4 is 19.6 Å². The number of nitrogens with zero attached hydrogens (tertiary/aromatic N) is 1. The first kappa shape index (κ1) is 23.6. The molecule has 1 N–H and O–H groups in total. The molecule has 0 heterocycles. The number of halogens is 2. The van der Waals surface area contributed by atoms with Gasteiger partial charge in [-0.2, -0.15) is 5.10 Å². The Labute approximate surface area is 200 Å². The van der Waals surface area contributed by atoms with Crippen molar-refractivity contribution < 1.29 is 19.0 Å². The molecule has 32 heavy (non-hydrogen) atoms. The molecule has 1 amide bonds. The van der Waals surface area contributed by atoms with Crippen molar-refractivity contribution in [1.29, 1.82) is 0 Å². The summed E-state index contributed by atoms with van der Waals surface area (Å²) >= 11 is 9.58. The van der Waals surface area contributed by atoms with Crippen LogP contribution in [0.15, 0.2) is 70.2 Å². The number of amides is 1. The molecule has 6 nitrogen and oxygen atoms in total. The van der Waals surface area contributed by atoms with Crippen LogP contribution in [-0.4, -0.2) is 25.8 Å². The van der Waals surface area contributed by atoms with Crippen LogP contribution in [0.2, 0.25) is 5.02 Å². The number of carbonyl (C=O) groups excluding carboxylic acids is 1. The van der Waals surface area contributed by atoms with Crippen molar-refractivity contribution >= 4 is 39.7 Å². The van der Waals surface area contributed by atoms with E-state index in [4.69, 9.17) is 25.8 Å². The Morgan fingerprint density at radius 1 is 1.06 bits per heavy atom. The highest BCUT2D eigenvalue weighted by Gasteiger charge is 2.08. The molecule has 3 aromatic carbocycles. The average molecular weight is 518 g/mol. The molecule has 0 radical (unpaired) electrons. The third kappa shape index (κ3) is 6.73. The number of hydrogen-bond donors (Lipinski definition) is 1. The van der Waals surface area contributed by atoms with Crippen LogP contribution in [-0.2, 0) is 11.4 Å².